The first-order valence-electron chi connectivity index (χ1n) is 8.25. The highest BCUT2D eigenvalue weighted by Crippen LogP contribution is 2.28. The van der Waals surface area contributed by atoms with Crippen LogP contribution in [0.25, 0.3) is 0 Å². The first kappa shape index (κ1) is 19.9. The lowest BCUT2D eigenvalue weighted by Gasteiger charge is -2.26. The molecule has 2 fully saturated rings. The van der Waals surface area contributed by atoms with Gasteiger partial charge >= 0.3 is 5.97 Å². The third-order valence-electron chi connectivity index (χ3n) is 3.87. The Bertz CT molecular complexity index is 783. The molecule has 0 aromatic rings. The number of nitrogens with one attached hydrogen (secondary N) is 1. The van der Waals surface area contributed by atoms with E-state index in [9.17, 15) is 4.79 Å². The Labute approximate surface area is 158 Å². The van der Waals surface area contributed by atoms with E-state index in [0.29, 0.717) is 28.5 Å². The SMILES string of the molecule is C=C(/C=C1/NC(=NC2CC2)C(=NC(=NC)SC)C(=C)/C1=C/C)C(=O)OC. The summed E-state index contributed by atoms with van der Waals surface area (Å²) in [5.74, 6) is 0.158. The molecule has 0 amide bonds. The molecule has 0 unspecified atom stereocenters. The number of carbonyl (C=O) groups excluding carboxylic acids is 1. The molecule has 1 saturated carbocycles. The number of hydrogen-bond donors (Lipinski definition) is 1. The maximum absolute atomic E-state index is 11.7. The van der Waals surface area contributed by atoms with Gasteiger partial charge in [0.15, 0.2) is 11.0 Å². The van der Waals surface area contributed by atoms with Crippen molar-refractivity contribution in [2.24, 2.45) is 15.0 Å². The van der Waals surface area contributed by atoms with Gasteiger partial charge in [0.25, 0.3) is 0 Å². The van der Waals surface area contributed by atoms with Gasteiger partial charge in [-0.3, -0.25) is 9.98 Å². The van der Waals surface area contributed by atoms with Crippen LogP contribution in [-0.2, 0) is 9.53 Å². The van der Waals surface area contributed by atoms with Crippen LogP contribution in [0, 0.1) is 0 Å². The van der Waals surface area contributed by atoms with Crippen molar-refractivity contribution in [2.45, 2.75) is 25.8 Å². The number of aliphatic imine (C=N–C) groups is 3. The van der Waals surface area contributed by atoms with E-state index in [1.165, 1.54) is 18.9 Å². The summed E-state index contributed by atoms with van der Waals surface area (Å²) in [5, 5.41) is 3.93. The molecule has 6 nitrogen and oxygen atoms in total. The van der Waals surface area contributed by atoms with Crippen molar-refractivity contribution in [3.05, 3.63) is 47.7 Å². The topological polar surface area (TPSA) is 75.4 Å². The maximum atomic E-state index is 11.7. The predicted molar refractivity (Wildman–Crippen MR) is 110 cm³/mol. The summed E-state index contributed by atoms with van der Waals surface area (Å²) in [6, 6.07) is 0.295. The van der Waals surface area contributed by atoms with E-state index in [1.807, 2.05) is 19.3 Å². The molecule has 2 aliphatic rings. The van der Waals surface area contributed by atoms with Gasteiger partial charge in [0.2, 0.25) is 0 Å². The van der Waals surface area contributed by atoms with Crippen LogP contribution in [0.1, 0.15) is 19.8 Å². The Morgan fingerprint density at radius 1 is 1.42 bits per heavy atom. The smallest absolute Gasteiger partial charge is 0.337 e. The normalized spacial score (nSPS) is 24.3. The minimum atomic E-state index is -0.483. The fourth-order valence-electron chi connectivity index (χ4n) is 2.38. The summed E-state index contributed by atoms with van der Waals surface area (Å²) in [6.07, 6.45) is 7.61. The number of rotatable bonds is 3. The Kier molecular flexibility index (Phi) is 6.74. The molecular weight excluding hydrogens is 348 g/mol. The molecule has 1 aliphatic carbocycles. The molecule has 7 heteroatoms. The number of allylic oxidation sites excluding steroid dienone is 2. The van der Waals surface area contributed by atoms with Gasteiger partial charge in [-0.15, -0.1) is 0 Å². The Morgan fingerprint density at radius 3 is 2.62 bits per heavy atom. The molecule has 0 atom stereocenters. The molecule has 0 bridgehead atoms. The van der Waals surface area contributed by atoms with Crippen LogP contribution in [0.5, 0.6) is 0 Å². The number of hydrogen-bond acceptors (Lipinski definition) is 5. The number of esters is 1. The molecule has 0 aromatic heterocycles. The largest absolute Gasteiger partial charge is 0.465 e. The minimum Gasteiger partial charge on any atom is -0.465 e. The van der Waals surface area contributed by atoms with Crippen LogP contribution < -0.4 is 5.32 Å². The second-order valence-corrected chi connectivity index (χ2v) is 6.53. The van der Waals surface area contributed by atoms with E-state index in [-0.39, 0.29) is 5.57 Å². The number of piperidine rings is 1. The van der Waals surface area contributed by atoms with E-state index in [1.54, 1.807) is 13.1 Å². The lowest BCUT2D eigenvalue weighted by atomic mass is 9.93. The lowest BCUT2D eigenvalue weighted by Crippen LogP contribution is -2.39. The molecule has 1 N–H and O–H groups in total. The molecule has 1 aliphatic heterocycles. The summed E-state index contributed by atoms with van der Waals surface area (Å²) >= 11 is 1.46. The highest BCUT2D eigenvalue weighted by molar-refractivity contribution is 8.13. The lowest BCUT2D eigenvalue weighted by molar-refractivity contribution is -0.135. The van der Waals surface area contributed by atoms with Crippen molar-refractivity contribution in [1.82, 2.24) is 5.32 Å². The van der Waals surface area contributed by atoms with Crippen LogP contribution in [0.4, 0.5) is 0 Å². The van der Waals surface area contributed by atoms with E-state index in [4.69, 9.17) is 9.73 Å². The van der Waals surface area contributed by atoms with Crippen LogP contribution in [0.15, 0.2) is 62.7 Å². The van der Waals surface area contributed by atoms with Crippen molar-refractivity contribution in [2.75, 3.05) is 20.4 Å². The number of thioether (sulfide) groups is 1. The minimum absolute atomic E-state index is 0.244. The van der Waals surface area contributed by atoms with Gasteiger partial charge in [0, 0.05) is 23.9 Å². The fraction of sp³-hybridized carbons (Fsp3) is 0.368. The zero-order valence-corrected chi connectivity index (χ0v) is 16.4. The Morgan fingerprint density at radius 2 is 2.12 bits per heavy atom. The quantitative estimate of drug-likeness (QED) is 0.358. The van der Waals surface area contributed by atoms with Crippen molar-refractivity contribution in [3.63, 3.8) is 0 Å². The molecule has 2 rings (SSSR count). The number of carbonyl (C=O) groups is 1. The maximum Gasteiger partial charge on any atom is 0.337 e. The van der Waals surface area contributed by atoms with Crippen LogP contribution in [-0.4, -0.2) is 49.1 Å². The van der Waals surface area contributed by atoms with Gasteiger partial charge < -0.3 is 10.1 Å². The summed E-state index contributed by atoms with van der Waals surface area (Å²) in [5.41, 5.74) is 3.17. The molecule has 0 spiro atoms. The van der Waals surface area contributed by atoms with E-state index in [0.717, 1.165) is 24.0 Å². The number of ether oxygens (including phenoxy) is 1. The van der Waals surface area contributed by atoms with Gasteiger partial charge in [0.1, 0.15) is 5.71 Å². The van der Waals surface area contributed by atoms with Crippen molar-refractivity contribution < 1.29 is 9.53 Å². The summed E-state index contributed by atoms with van der Waals surface area (Å²) < 4.78 is 4.73. The number of nitrogens with zero attached hydrogens (tertiary/aromatic N) is 3. The third-order valence-corrected chi connectivity index (χ3v) is 4.51. The van der Waals surface area contributed by atoms with E-state index in [2.05, 4.69) is 28.5 Å². The van der Waals surface area contributed by atoms with Gasteiger partial charge in [-0.05, 0) is 32.1 Å². The van der Waals surface area contributed by atoms with E-state index < -0.39 is 5.97 Å². The summed E-state index contributed by atoms with van der Waals surface area (Å²) in [6.45, 7) is 9.87. The van der Waals surface area contributed by atoms with Crippen LogP contribution in [0.2, 0.25) is 0 Å². The Hall–Kier alpha value is -2.41. The van der Waals surface area contributed by atoms with Gasteiger partial charge in [-0.2, -0.15) is 0 Å². The zero-order chi connectivity index (χ0) is 19.3. The zero-order valence-electron chi connectivity index (χ0n) is 15.6. The van der Waals surface area contributed by atoms with Crippen molar-refractivity contribution in [1.29, 1.82) is 0 Å². The number of amidine groups is 2. The second-order valence-electron chi connectivity index (χ2n) is 5.76. The molecule has 1 saturated heterocycles. The standard InChI is InChI=1S/C19H24N4O2S/c1-7-14-12(3)16(23-19(20-4)26-6)17(21-13-8-9-13)22-15(14)10-11(2)18(24)25-5/h7,10,13H,2-3,8-9H2,1,4-6H3,(H,21,22)/b14-7-,15-10+,20-19?,23-16?. The number of methoxy groups -OCH3 is 1. The average molecular weight is 372 g/mol. The van der Waals surface area contributed by atoms with E-state index >= 15 is 0 Å². The average Bonchev–Trinajstić information content (AvgIpc) is 3.45. The summed E-state index contributed by atoms with van der Waals surface area (Å²) in [7, 11) is 3.03. The monoisotopic (exact) mass is 372 g/mol. The predicted octanol–water partition coefficient (Wildman–Crippen LogP) is 3.06. The fourth-order valence-corrected chi connectivity index (χ4v) is 2.74. The van der Waals surface area contributed by atoms with Crippen LogP contribution in [0.3, 0.4) is 0 Å². The molecular formula is C19H24N4O2S. The molecule has 26 heavy (non-hydrogen) atoms. The molecule has 0 radical (unpaired) electrons. The van der Waals surface area contributed by atoms with Gasteiger partial charge in [0.05, 0.1) is 18.7 Å². The molecule has 1 heterocycles. The highest BCUT2D eigenvalue weighted by Gasteiger charge is 2.30. The first-order valence-corrected chi connectivity index (χ1v) is 9.47. The van der Waals surface area contributed by atoms with Crippen molar-refractivity contribution in [3.8, 4) is 0 Å². The summed E-state index contributed by atoms with van der Waals surface area (Å²) in [4.78, 5) is 25.2. The molecule has 138 valence electrons. The van der Waals surface area contributed by atoms with Gasteiger partial charge in [-0.25, -0.2) is 9.79 Å². The Balaban J connectivity index is 2.50. The van der Waals surface area contributed by atoms with Crippen LogP contribution >= 0.6 is 11.8 Å². The van der Waals surface area contributed by atoms with Gasteiger partial charge in [-0.1, -0.05) is 31.0 Å². The highest BCUT2D eigenvalue weighted by atomic mass is 32.2. The third kappa shape index (κ3) is 4.60. The molecule has 0 aromatic carbocycles. The van der Waals surface area contributed by atoms with Crippen molar-refractivity contribution >= 4 is 34.4 Å². The second kappa shape index (κ2) is 8.80. The first-order chi connectivity index (χ1) is 12.4.